The average Bonchev–Trinajstić information content (AvgIpc) is 2.30. The Labute approximate surface area is 98.3 Å². The molecule has 0 bridgehead atoms. The molecule has 1 aromatic rings. The van der Waals surface area contributed by atoms with Crippen LogP contribution in [0.25, 0.3) is 0 Å². The number of hydrogen-bond acceptors (Lipinski definition) is 2. The number of carboxylic acid groups (broad SMARTS) is 1. The molecule has 1 saturated heterocycles. The van der Waals surface area contributed by atoms with Crippen molar-refractivity contribution in [3.63, 3.8) is 0 Å². The number of carbonyl (C=O) groups is 1. The second-order valence-corrected chi connectivity index (χ2v) is 4.24. The van der Waals surface area contributed by atoms with Crippen LogP contribution in [0.1, 0.15) is 17.9 Å². The van der Waals surface area contributed by atoms with E-state index in [9.17, 15) is 14.3 Å². The molecule has 17 heavy (non-hydrogen) atoms. The van der Waals surface area contributed by atoms with Gasteiger partial charge < -0.3 is 15.1 Å². The van der Waals surface area contributed by atoms with Crippen molar-refractivity contribution in [1.29, 1.82) is 0 Å². The number of rotatable bonds is 1. The number of nitrogens with zero attached hydrogens (tertiary/aromatic N) is 1. The van der Waals surface area contributed by atoms with Crippen molar-refractivity contribution in [1.82, 2.24) is 4.90 Å². The standard InChI is InChI=1S/C12H14FNO3/c13-9-3-1-8(2-4-9)10-5-6-14(12(16)17)7-11(10)15/h1-4,10-11,15H,5-7H2,(H,16,17)/t10-,11+/m0/s1. The minimum atomic E-state index is -1.01. The van der Waals surface area contributed by atoms with Crippen molar-refractivity contribution in [2.24, 2.45) is 0 Å². The SMILES string of the molecule is O=C(O)N1CC[C@@H](c2ccc(F)cc2)[C@H](O)C1. The smallest absolute Gasteiger partial charge is 0.407 e. The van der Waals surface area contributed by atoms with E-state index in [-0.39, 0.29) is 18.3 Å². The first-order chi connectivity index (χ1) is 8.08. The predicted molar refractivity (Wildman–Crippen MR) is 59.4 cm³/mol. The molecule has 4 nitrogen and oxygen atoms in total. The number of hydrogen-bond donors (Lipinski definition) is 2. The van der Waals surface area contributed by atoms with Gasteiger partial charge in [-0.1, -0.05) is 12.1 Å². The summed E-state index contributed by atoms with van der Waals surface area (Å²) in [5.74, 6) is -0.433. The minimum absolute atomic E-state index is 0.109. The first kappa shape index (κ1) is 11.9. The third kappa shape index (κ3) is 2.55. The van der Waals surface area contributed by atoms with Gasteiger partial charge in [0.2, 0.25) is 0 Å². The Bertz CT molecular complexity index is 407. The van der Waals surface area contributed by atoms with Gasteiger partial charge in [-0.3, -0.25) is 0 Å². The van der Waals surface area contributed by atoms with E-state index in [0.29, 0.717) is 13.0 Å². The van der Waals surface area contributed by atoms with E-state index in [1.165, 1.54) is 17.0 Å². The number of likely N-dealkylation sites (tertiary alicyclic amines) is 1. The van der Waals surface area contributed by atoms with Crippen LogP contribution in [-0.4, -0.2) is 40.4 Å². The number of β-amino-alcohol motifs (C(OH)–C–C–N with tert-alkyl or cyclic N) is 1. The Morgan fingerprint density at radius 1 is 1.35 bits per heavy atom. The molecule has 1 aliphatic rings. The van der Waals surface area contributed by atoms with Crippen LogP contribution >= 0.6 is 0 Å². The van der Waals surface area contributed by atoms with Gasteiger partial charge in [0.1, 0.15) is 5.82 Å². The molecule has 5 heteroatoms. The third-order valence-corrected chi connectivity index (χ3v) is 3.15. The summed E-state index contributed by atoms with van der Waals surface area (Å²) in [6.45, 7) is 0.506. The molecule has 1 fully saturated rings. The molecule has 0 aromatic heterocycles. The number of benzene rings is 1. The Morgan fingerprint density at radius 3 is 2.53 bits per heavy atom. The second-order valence-electron chi connectivity index (χ2n) is 4.24. The van der Waals surface area contributed by atoms with Crippen molar-refractivity contribution in [2.75, 3.05) is 13.1 Å². The zero-order valence-electron chi connectivity index (χ0n) is 9.21. The fourth-order valence-corrected chi connectivity index (χ4v) is 2.20. The highest BCUT2D eigenvalue weighted by atomic mass is 19.1. The van der Waals surface area contributed by atoms with Crippen molar-refractivity contribution in [3.8, 4) is 0 Å². The van der Waals surface area contributed by atoms with Crippen LogP contribution in [0.15, 0.2) is 24.3 Å². The zero-order valence-corrected chi connectivity index (χ0v) is 9.21. The topological polar surface area (TPSA) is 60.8 Å². The van der Waals surface area contributed by atoms with Gasteiger partial charge in [0.15, 0.2) is 0 Å². The largest absolute Gasteiger partial charge is 0.465 e. The van der Waals surface area contributed by atoms with Crippen LogP contribution in [-0.2, 0) is 0 Å². The van der Waals surface area contributed by atoms with E-state index >= 15 is 0 Å². The molecule has 1 heterocycles. The lowest BCUT2D eigenvalue weighted by Gasteiger charge is -2.34. The number of halogens is 1. The Hall–Kier alpha value is -1.62. The van der Waals surface area contributed by atoms with E-state index in [1.54, 1.807) is 12.1 Å². The molecule has 1 aliphatic heterocycles. The maximum absolute atomic E-state index is 12.8. The predicted octanol–water partition coefficient (Wildman–Crippen LogP) is 1.65. The molecular formula is C12H14FNO3. The van der Waals surface area contributed by atoms with Crippen LogP contribution in [0.4, 0.5) is 9.18 Å². The van der Waals surface area contributed by atoms with Crippen molar-refractivity contribution >= 4 is 6.09 Å². The number of aliphatic hydroxyl groups is 1. The van der Waals surface area contributed by atoms with Gasteiger partial charge >= 0.3 is 6.09 Å². The third-order valence-electron chi connectivity index (χ3n) is 3.15. The summed E-state index contributed by atoms with van der Waals surface area (Å²) in [4.78, 5) is 12.0. The van der Waals surface area contributed by atoms with Gasteiger partial charge in [0.25, 0.3) is 0 Å². The zero-order chi connectivity index (χ0) is 12.4. The van der Waals surface area contributed by atoms with Gasteiger partial charge in [0, 0.05) is 12.5 Å². The monoisotopic (exact) mass is 239 g/mol. The molecule has 1 amide bonds. The first-order valence-electron chi connectivity index (χ1n) is 5.49. The number of aliphatic hydroxyl groups excluding tert-OH is 1. The summed E-state index contributed by atoms with van der Waals surface area (Å²) in [6, 6.07) is 5.98. The molecule has 0 spiro atoms. The normalized spacial score (nSPS) is 24.7. The molecule has 0 aliphatic carbocycles. The first-order valence-corrected chi connectivity index (χ1v) is 5.49. The molecule has 0 saturated carbocycles. The maximum atomic E-state index is 12.8. The van der Waals surface area contributed by atoms with Gasteiger partial charge in [-0.25, -0.2) is 9.18 Å². The highest BCUT2D eigenvalue weighted by Gasteiger charge is 2.30. The van der Waals surface area contributed by atoms with Crippen LogP contribution in [0, 0.1) is 5.82 Å². The fraction of sp³-hybridized carbons (Fsp3) is 0.417. The molecule has 0 unspecified atom stereocenters. The lowest BCUT2D eigenvalue weighted by molar-refractivity contribution is 0.0504. The fourth-order valence-electron chi connectivity index (χ4n) is 2.20. The molecule has 0 radical (unpaired) electrons. The second kappa shape index (κ2) is 4.71. The minimum Gasteiger partial charge on any atom is -0.465 e. The lowest BCUT2D eigenvalue weighted by atomic mass is 9.87. The van der Waals surface area contributed by atoms with Gasteiger partial charge in [-0.05, 0) is 24.1 Å². The summed E-state index contributed by atoms with van der Waals surface area (Å²) in [7, 11) is 0. The van der Waals surface area contributed by atoms with Crippen molar-refractivity contribution < 1.29 is 19.4 Å². The number of piperidine rings is 1. The lowest BCUT2D eigenvalue weighted by Crippen LogP contribution is -2.45. The van der Waals surface area contributed by atoms with E-state index in [2.05, 4.69) is 0 Å². The quantitative estimate of drug-likeness (QED) is 0.783. The van der Waals surface area contributed by atoms with E-state index in [1.807, 2.05) is 0 Å². The average molecular weight is 239 g/mol. The molecule has 1 aromatic carbocycles. The summed E-state index contributed by atoms with van der Waals surface area (Å²) in [6.07, 6.45) is -1.19. The molecule has 92 valence electrons. The van der Waals surface area contributed by atoms with Crippen molar-refractivity contribution in [2.45, 2.75) is 18.4 Å². The Balaban J connectivity index is 2.09. The summed E-state index contributed by atoms with van der Waals surface area (Å²) >= 11 is 0. The van der Waals surface area contributed by atoms with Crippen LogP contribution in [0.2, 0.25) is 0 Å². The number of amides is 1. The van der Waals surface area contributed by atoms with Crippen LogP contribution < -0.4 is 0 Å². The van der Waals surface area contributed by atoms with E-state index in [4.69, 9.17) is 5.11 Å². The Kier molecular flexibility index (Phi) is 3.28. The van der Waals surface area contributed by atoms with E-state index in [0.717, 1.165) is 5.56 Å². The van der Waals surface area contributed by atoms with Gasteiger partial charge in [0.05, 0.1) is 12.6 Å². The molecular weight excluding hydrogens is 225 g/mol. The molecule has 2 rings (SSSR count). The van der Waals surface area contributed by atoms with Crippen molar-refractivity contribution in [3.05, 3.63) is 35.6 Å². The maximum Gasteiger partial charge on any atom is 0.407 e. The summed E-state index contributed by atoms with van der Waals surface area (Å²) < 4.78 is 12.8. The molecule has 2 N–H and O–H groups in total. The van der Waals surface area contributed by atoms with Crippen LogP contribution in [0.5, 0.6) is 0 Å². The highest BCUT2D eigenvalue weighted by Crippen LogP contribution is 2.28. The van der Waals surface area contributed by atoms with Gasteiger partial charge in [-0.2, -0.15) is 0 Å². The molecule has 2 atom stereocenters. The van der Waals surface area contributed by atoms with Crippen LogP contribution in [0.3, 0.4) is 0 Å². The Morgan fingerprint density at radius 2 is 2.00 bits per heavy atom. The van der Waals surface area contributed by atoms with E-state index < -0.39 is 12.2 Å². The highest BCUT2D eigenvalue weighted by molar-refractivity contribution is 5.65. The van der Waals surface area contributed by atoms with Gasteiger partial charge in [-0.15, -0.1) is 0 Å². The summed E-state index contributed by atoms with van der Waals surface area (Å²) in [5, 5.41) is 18.7. The summed E-state index contributed by atoms with van der Waals surface area (Å²) in [5.41, 5.74) is 0.851.